The van der Waals surface area contributed by atoms with Gasteiger partial charge in [0.2, 0.25) is 0 Å². The second-order valence-electron chi connectivity index (χ2n) is 5.33. The summed E-state index contributed by atoms with van der Waals surface area (Å²) in [5, 5.41) is 3.41. The molecule has 0 unspecified atom stereocenters. The van der Waals surface area contributed by atoms with Gasteiger partial charge in [-0.25, -0.2) is 4.39 Å². The first-order chi connectivity index (χ1) is 9.31. The molecule has 0 aliphatic carbocycles. The Morgan fingerprint density at radius 3 is 2.58 bits per heavy atom. The largest absolute Gasteiger partial charge is 0.317 e. The van der Waals surface area contributed by atoms with Gasteiger partial charge in [-0.3, -0.25) is 0 Å². The molecule has 0 radical (unpaired) electrons. The van der Waals surface area contributed by atoms with E-state index in [1.807, 2.05) is 12.1 Å². The molecule has 0 saturated carbocycles. The maximum Gasteiger partial charge on any atom is 0.123 e. The quantitative estimate of drug-likeness (QED) is 0.775. The second kappa shape index (κ2) is 7.44. The van der Waals surface area contributed by atoms with E-state index >= 15 is 0 Å². The number of benzene rings is 1. The van der Waals surface area contributed by atoms with Gasteiger partial charge in [-0.15, -0.1) is 0 Å². The summed E-state index contributed by atoms with van der Waals surface area (Å²) in [6.45, 7) is 4.41. The molecule has 0 amide bonds. The number of hydrogen-bond acceptors (Lipinski definition) is 1. The predicted octanol–water partition coefficient (Wildman–Crippen LogP) is 4.40. The molecule has 1 aromatic rings. The zero-order valence-electron chi connectivity index (χ0n) is 11.8. The highest BCUT2D eigenvalue weighted by atomic mass is 19.1. The average Bonchev–Trinajstić information content (AvgIpc) is 2.46. The van der Waals surface area contributed by atoms with E-state index < -0.39 is 0 Å². The Balaban J connectivity index is 2.17. The van der Waals surface area contributed by atoms with Gasteiger partial charge < -0.3 is 5.32 Å². The molecule has 19 heavy (non-hydrogen) atoms. The summed E-state index contributed by atoms with van der Waals surface area (Å²) in [6, 6.07) is 7.00. The maximum absolute atomic E-state index is 13.1. The molecule has 1 nitrogen and oxygen atoms in total. The number of allylic oxidation sites excluding steroid dienone is 2. The van der Waals surface area contributed by atoms with Crippen molar-refractivity contribution < 1.29 is 4.39 Å². The summed E-state index contributed by atoms with van der Waals surface area (Å²) in [5.74, 6) is 0.477. The molecule has 0 spiro atoms. The highest BCUT2D eigenvalue weighted by Gasteiger charge is 2.18. The first-order valence-corrected chi connectivity index (χ1v) is 7.48. The van der Waals surface area contributed by atoms with Crippen molar-refractivity contribution in [1.82, 2.24) is 5.32 Å². The summed E-state index contributed by atoms with van der Waals surface area (Å²) < 4.78 is 13.1. The van der Waals surface area contributed by atoms with Gasteiger partial charge in [0.1, 0.15) is 5.82 Å². The standard InChI is InChI=1S/C17H24FN/c1-2-3-4-5-17(15-10-12-19-13-11-15)14-6-8-16(18)9-7-14/h5-9,15,19H,2-4,10-13H2,1H3. The van der Waals surface area contributed by atoms with Crippen LogP contribution in [0.25, 0.3) is 5.57 Å². The van der Waals surface area contributed by atoms with Crippen molar-refractivity contribution in [1.29, 1.82) is 0 Å². The van der Waals surface area contributed by atoms with E-state index in [0.717, 1.165) is 19.5 Å². The molecule has 0 aromatic heterocycles. The minimum atomic E-state index is -0.151. The van der Waals surface area contributed by atoms with Gasteiger partial charge in [-0.2, -0.15) is 0 Å². The molecule has 1 heterocycles. The van der Waals surface area contributed by atoms with Crippen molar-refractivity contribution in [3.05, 3.63) is 41.7 Å². The van der Waals surface area contributed by atoms with Crippen LogP contribution in [0.4, 0.5) is 4.39 Å². The van der Waals surface area contributed by atoms with Gasteiger partial charge >= 0.3 is 0 Å². The molecular formula is C17H24FN. The van der Waals surface area contributed by atoms with Gasteiger partial charge in [0.05, 0.1) is 0 Å². The average molecular weight is 261 g/mol. The van der Waals surface area contributed by atoms with Gasteiger partial charge in [0.25, 0.3) is 0 Å². The Labute approximate surface area is 115 Å². The number of unbranched alkanes of at least 4 members (excludes halogenated alkanes) is 2. The van der Waals surface area contributed by atoms with Crippen molar-refractivity contribution >= 4 is 5.57 Å². The number of piperidine rings is 1. The molecule has 104 valence electrons. The van der Waals surface area contributed by atoms with E-state index in [-0.39, 0.29) is 5.82 Å². The third-order valence-corrected chi connectivity index (χ3v) is 3.88. The Bertz CT molecular complexity index is 402. The summed E-state index contributed by atoms with van der Waals surface area (Å²) in [5.41, 5.74) is 2.62. The van der Waals surface area contributed by atoms with Crippen molar-refractivity contribution in [2.45, 2.75) is 39.0 Å². The van der Waals surface area contributed by atoms with Gasteiger partial charge in [0, 0.05) is 0 Å². The van der Waals surface area contributed by atoms with Crippen molar-refractivity contribution in [3.8, 4) is 0 Å². The van der Waals surface area contributed by atoms with E-state index in [1.54, 1.807) is 12.1 Å². The summed E-state index contributed by atoms with van der Waals surface area (Å²) in [4.78, 5) is 0. The number of nitrogens with one attached hydrogen (secondary N) is 1. The smallest absolute Gasteiger partial charge is 0.123 e. The first-order valence-electron chi connectivity index (χ1n) is 7.48. The first kappa shape index (κ1) is 14.3. The van der Waals surface area contributed by atoms with Crippen LogP contribution in [0.1, 0.15) is 44.6 Å². The fourth-order valence-corrected chi connectivity index (χ4v) is 2.76. The third-order valence-electron chi connectivity index (χ3n) is 3.88. The lowest BCUT2D eigenvalue weighted by Crippen LogP contribution is -2.28. The second-order valence-corrected chi connectivity index (χ2v) is 5.33. The van der Waals surface area contributed by atoms with Crippen molar-refractivity contribution in [2.75, 3.05) is 13.1 Å². The Hall–Kier alpha value is -1.15. The fourth-order valence-electron chi connectivity index (χ4n) is 2.76. The SMILES string of the molecule is CCCCC=C(c1ccc(F)cc1)C1CCNCC1. The van der Waals surface area contributed by atoms with Crippen LogP contribution in [0.3, 0.4) is 0 Å². The molecular weight excluding hydrogens is 237 g/mol. The maximum atomic E-state index is 13.1. The summed E-state index contributed by atoms with van der Waals surface area (Å²) in [7, 11) is 0. The predicted molar refractivity (Wildman–Crippen MR) is 79.5 cm³/mol. The lowest BCUT2D eigenvalue weighted by molar-refractivity contribution is 0.446. The zero-order chi connectivity index (χ0) is 13.5. The van der Waals surface area contributed by atoms with Gasteiger partial charge in [0.15, 0.2) is 0 Å². The molecule has 1 saturated heterocycles. The van der Waals surface area contributed by atoms with Crippen molar-refractivity contribution in [3.63, 3.8) is 0 Å². The highest BCUT2D eigenvalue weighted by molar-refractivity contribution is 5.67. The zero-order valence-corrected chi connectivity index (χ0v) is 11.8. The molecule has 2 rings (SSSR count). The number of hydrogen-bond donors (Lipinski definition) is 1. The highest BCUT2D eigenvalue weighted by Crippen LogP contribution is 2.30. The molecule has 2 heteroatoms. The molecule has 1 fully saturated rings. The molecule has 1 aliphatic heterocycles. The van der Waals surface area contributed by atoms with E-state index in [2.05, 4.69) is 18.3 Å². The monoisotopic (exact) mass is 261 g/mol. The van der Waals surface area contributed by atoms with Crippen LogP contribution < -0.4 is 5.32 Å². The van der Waals surface area contributed by atoms with Crippen LogP contribution in [0.2, 0.25) is 0 Å². The Morgan fingerprint density at radius 2 is 1.95 bits per heavy atom. The molecule has 0 atom stereocenters. The molecule has 1 aromatic carbocycles. The lowest BCUT2D eigenvalue weighted by atomic mass is 9.85. The van der Waals surface area contributed by atoms with E-state index in [0.29, 0.717) is 5.92 Å². The third kappa shape index (κ3) is 4.17. The minimum Gasteiger partial charge on any atom is -0.317 e. The van der Waals surface area contributed by atoms with Gasteiger partial charge in [-0.1, -0.05) is 38.0 Å². The van der Waals surface area contributed by atoms with Crippen LogP contribution in [-0.4, -0.2) is 13.1 Å². The summed E-state index contributed by atoms with van der Waals surface area (Å²) >= 11 is 0. The van der Waals surface area contributed by atoms with E-state index in [4.69, 9.17) is 0 Å². The molecule has 1 N–H and O–H groups in total. The Morgan fingerprint density at radius 1 is 1.26 bits per heavy atom. The van der Waals surface area contributed by atoms with E-state index in [9.17, 15) is 4.39 Å². The van der Waals surface area contributed by atoms with Crippen LogP contribution in [0.15, 0.2) is 30.3 Å². The van der Waals surface area contributed by atoms with Crippen molar-refractivity contribution in [2.24, 2.45) is 5.92 Å². The molecule has 0 bridgehead atoms. The normalized spacial score (nSPS) is 17.7. The fraction of sp³-hybridized carbons (Fsp3) is 0.529. The van der Waals surface area contributed by atoms with Crippen LogP contribution >= 0.6 is 0 Å². The van der Waals surface area contributed by atoms with Crippen LogP contribution in [0, 0.1) is 11.7 Å². The summed E-state index contributed by atoms with van der Waals surface area (Å²) in [6.07, 6.45) is 8.35. The molecule has 1 aliphatic rings. The number of rotatable bonds is 5. The van der Waals surface area contributed by atoms with Crippen LogP contribution in [0.5, 0.6) is 0 Å². The van der Waals surface area contributed by atoms with Crippen LogP contribution in [-0.2, 0) is 0 Å². The minimum absolute atomic E-state index is 0.151. The van der Waals surface area contributed by atoms with E-state index in [1.165, 1.54) is 36.8 Å². The van der Waals surface area contributed by atoms with Gasteiger partial charge in [-0.05, 0) is 61.5 Å². The number of halogens is 1. The Kier molecular flexibility index (Phi) is 5.59. The topological polar surface area (TPSA) is 12.0 Å². The lowest BCUT2D eigenvalue weighted by Gasteiger charge is -2.26.